The van der Waals surface area contributed by atoms with Crippen molar-refractivity contribution in [2.24, 2.45) is 0 Å². The van der Waals surface area contributed by atoms with Gasteiger partial charge in [-0.3, -0.25) is 0 Å². The minimum Gasteiger partial charge on any atom is -0.462 e. The first-order valence-corrected chi connectivity index (χ1v) is 7.19. The molecule has 1 unspecified atom stereocenters. The van der Waals surface area contributed by atoms with Gasteiger partial charge in [0.25, 0.3) is 0 Å². The third-order valence-corrected chi connectivity index (χ3v) is 7.83. The van der Waals surface area contributed by atoms with E-state index in [0.29, 0.717) is 16.9 Å². The number of rotatable bonds is 4. The van der Waals surface area contributed by atoms with Crippen LogP contribution in [0.1, 0.15) is 6.42 Å². The zero-order valence-corrected chi connectivity index (χ0v) is 9.79. The van der Waals surface area contributed by atoms with Crippen molar-refractivity contribution in [2.75, 3.05) is 6.61 Å². The standard InChI is InChI=1S/C5H16O3Si2/c1-10(2,8-9)5(7)3-4-6/h5-7H,3-4H2,1-2,9H3. The van der Waals surface area contributed by atoms with Crippen LogP contribution in [-0.2, 0) is 4.12 Å². The summed E-state index contributed by atoms with van der Waals surface area (Å²) in [7, 11) is -1.17. The topological polar surface area (TPSA) is 49.7 Å². The van der Waals surface area contributed by atoms with Crippen LogP contribution in [0.5, 0.6) is 0 Å². The van der Waals surface area contributed by atoms with Crippen molar-refractivity contribution in [2.45, 2.75) is 25.2 Å². The maximum absolute atomic E-state index is 9.38. The highest BCUT2D eigenvalue weighted by Gasteiger charge is 2.29. The maximum Gasteiger partial charge on any atom is 0.201 e. The second kappa shape index (κ2) is 4.25. The zero-order chi connectivity index (χ0) is 8.20. The molecule has 0 spiro atoms. The van der Waals surface area contributed by atoms with Gasteiger partial charge in [0.15, 0.2) is 0 Å². The Hall–Kier alpha value is 0.314. The van der Waals surface area contributed by atoms with Gasteiger partial charge in [0.05, 0.1) is 5.73 Å². The fraction of sp³-hybridized carbons (Fsp3) is 1.00. The molecule has 10 heavy (non-hydrogen) atoms. The Morgan fingerprint density at radius 2 is 2.10 bits per heavy atom. The number of hydrogen-bond donors (Lipinski definition) is 2. The summed E-state index contributed by atoms with van der Waals surface area (Å²) < 4.78 is 5.27. The highest BCUT2D eigenvalue weighted by atomic mass is 28.4. The van der Waals surface area contributed by atoms with Crippen LogP contribution >= 0.6 is 0 Å². The predicted molar refractivity (Wildman–Crippen MR) is 46.2 cm³/mol. The van der Waals surface area contributed by atoms with Gasteiger partial charge >= 0.3 is 0 Å². The Morgan fingerprint density at radius 3 is 2.40 bits per heavy atom. The molecule has 0 heterocycles. The normalized spacial score (nSPS) is 15.6. The molecule has 0 rings (SSSR count). The van der Waals surface area contributed by atoms with Crippen LogP contribution in [-0.4, -0.2) is 41.4 Å². The highest BCUT2D eigenvalue weighted by Crippen LogP contribution is 2.10. The van der Waals surface area contributed by atoms with E-state index in [2.05, 4.69) is 0 Å². The summed E-state index contributed by atoms with van der Waals surface area (Å²) in [5.41, 5.74) is -0.421. The summed E-state index contributed by atoms with van der Waals surface area (Å²) >= 11 is 0. The van der Waals surface area contributed by atoms with Crippen LogP contribution < -0.4 is 0 Å². The van der Waals surface area contributed by atoms with Gasteiger partial charge in [-0.15, -0.1) is 0 Å². The summed E-state index contributed by atoms with van der Waals surface area (Å²) in [6.07, 6.45) is 0.446. The highest BCUT2D eigenvalue weighted by molar-refractivity contribution is 6.74. The van der Waals surface area contributed by atoms with Gasteiger partial charge in [-0.2, -0.15) is 0 Å². The quantitative estimate of drug-likeness (QED) is 0.533. The van der Waals surface area contributed by atoms with E-state index in [1.165, 1.54) is 0 Å². The summed E-state index contributed by atoms with van der Waals surface area (Å²) in [6, 6.07) is 0. The van der Waals surface area contributed by atoms with Crippen LogP contribution in [0.4, 0.5) is 0 Å². The van der Waals surface area contributed by atoms with E-state index in [4.69, 9.17) is 9.22 Å². The lowest BCUT2D eigenvalue weighted by atomic mass is 10.5. The first-order chi connectivity index (χ1) is 4.54. The molecule has 0 bridgehead atoms. The fourth-order valence-electron chi connectivity index (χ4n) is 0.606. The van der Waals surface area contributed by atoms with Crippen molar-refractivity contribution in [1.82, 2.24) is 0 Å². The van der Waals surface area contributed by atoms with Crippen molar-refractivity contribution >= 4 is 18.8 Å². The average molecular weight is 180 g/mol. The van der Waals surface area contributed by atoms with Gasteiger partial charge < -0.3 is 14.3 Å². The molecule has 1 atom stereocenters. The zero-order valence-electron chi connectivity index (χ0n) is 6.79. The van der Waals surface area contributed by atoms with Gasteiger partial charge in [-0.25, -0.2) is 0 Å². The lowest BCUT2D eigenvalue weighted by Crippen LogP contribution is -2.44. The smallest absolute Gasteiger partial charge is 0.201 e. The molecule has 0 aliphatic carbocycles. The third-order valence-electron chi connectivity index (χ3n) is 1.73. The van der Waals surface area contributed by atoms with Crippen LogP contribution in [0, 0.1) is 0 Å². The molecule has 0 aliphatic heterocycles. The number of aliphatic hydroxyl groups excluding tert-OH is 2. The number of aliphatic hydroxyl groups is 2. The lowest BCUT2D eigenvalue weighted by molar-refractivity contribution is 0.174. The maximum atomic E-state index is 9.38. The van der Waals surface area contributed by atoms with Gasteiger partial charge in [0.2, 0.25) is 8.32 Å². The second-order valence-electron chi connectivity index (χ2n) is 2.84. The molecule has 0 fully saturated rings. The molecule has 0 aliphatic rings. The Labute approximate surface area is 65.7 Å². The Balaban J connectivity index is 3.78. The monoisotopic (exact) mass is 180 g/mol. The van der Waals surface area contributed by atoms with Crippen molar-refractivity contribution in [3.05, 3.63) is 0 Å². The summed E-state index contributed by atoms with van der Waals surface area (Å²) in [4.78, 5) is 0. The summed E-state index contributed by atoms with van der Waals surface area (Å²) in [5.74, 6) is 0. The van der Waals surface area contributed by atoms with Crippen molar-refractivity contribution in [3.63, 3.8) is 0 Å². The molecule has 0 aromatic rings. The van der Waals surface area contributed by atoms with E-state index in [0.717, 1.165) is 0 Å². The van der Waals surface area contributed by atoms with Crippen molar-refractivity contribution < 1.29 is 14.3 Å². The molecule has 62 valence electrons. The molecule has 0 amide bonds. The second-order valence-corrected chi connectivity index (χ2v) is 8.34. The minimum atomic E-state index is -1.84. The number of hydrogen-bond acceptors (Lipinski definition) is 3. The van der Waals surface area contributed by atoms with Crippen LogP contribution in [0.25, 0.3) is 0 Å². The van der Waals surface area contributed by atoms with Gasteiger partial charge in [0, 0.05) is 6.61 Å². The fourth-order valence-corrected chi connectivity index (χ4v) is 2.52. The Morgan fingerprint density at radius 1 is 1.60 bits per heavy atom. The van der Waals surface area contributed by atoms with Crippen LogP contribution in [0.3, 0.4) is 0 Å². The molecule has 3 nitrogen and oxygen atoms in total. The SMILES string of the molecule is C[Si](C)(O[SiH3])C(O)CCO. The molecule has 0 saturated carbocycles. The van der Waals surface area contributed by atoms with Gasteiger partial charge in [0.1, 0.15) is 10.5 Å². The van der Waals surface area contributed by atoms with E-state index in [1.807, 2.05) is 13.1 Å². The minimum absolute atomic E-state index is 0.0442. The van der Waals surface area contributed by atoms with Crippen LogP contribution in [0.2, 0.25) is 13.1 Å². The van der Waals surface area contributed by atoms with E-state index in [1.54, 1.807) is 0 Å². The molecule has 0 aromatic heterocycles. The van der Waals surface area contributed by atoms with E-state index in [9.17, 15) is 5.11 Å². The van der Waals surface area contributed by atoms with E-state index in [-0.39, 0.29) is 6.61 Å². The summed E-state index contributed by atoms with van der Waals surface area (Å²) in [6.45, 7) is 3.96. The Kier molecular flexibility index (Phi) is 4.38. The van der Waals surface area contributed by atoms with Crippen LogP contribution in [0.15, 0.2) is 0 Å². The van der Waals surface area contributed by atoms with E-state index >= 15 is 0 Å². The van der Waals surface area contributed by atoms with Crippen molar-refractivity contribution in [1.29, 1.82) is 0 Å². The average Bonchev–Trinajstić information content (AvgIpc) is 1.89. The molecule has 0 aromatic carbocycles. The third kappa shape index (κ3) is 2.93. The molecule has 5 heteroatoms. The van der Waals surface area contributed by atoms with E-state index < -0.39 is 14.0 Å². The lowest BCUT2D eigenvalue weighted by Gasteiger charge is -2.26. The molecule has 2 N–H and O–H groups in total. The molecular weight excluding hydrogens is 164 g/mol. The van der Waals surface area contributed by atoms with Crippen molar-refractivity contribution in [3.8, 4) is 0 Å². The van der Waals surface area contributed by atoms with Gasteiger partial charge in [-0.1, -0.05) is 0 Å². The Bertz CT molecular complexity index is 96.9. The first kappa shape index (κ1) is 10.3. The molecule has 0 radical (unpaired) electrons. The predicted octanol–water partition coefficient (Wildman–Crippen LogP) is -1.23. The summed E-state index contributed by atoms with van der Waals surface area (Å²) in [5, 5.41) is 17.9. The molecule has 0 saturated heterocycles. The largest absolute Gasteiger partial charge is 0.462 e. The first-order valence-electron chi connectivity index (χ1n) is 3.38. The van der Waals surface area contributed by atoms with Gasteiger partial charge in [-0.05, 0) is 19.5 Å². The molecular formula is C5H16O3Si2.